The van der Waals surface area contributed by atoms with Gasteiger partial charge in [0, 0.05) is 19.0 Å². The van der Waals surface area contributed by atoms with Crippen LogP contribution >= 0.6 is 0 Å². The smallest absolute Gasteiger partial charge is 0.307 e. The van der Waals surface area contributed by atoms with E-state index in [1.807, 2.05) is 0 Å². The molecule has 0 radical (unpaired) electrons. The van der Waals surface area contributed by atoms with Crippen molar-refractivity contribution in [2.45, 2.75) is 43.4 Å². The van der Waals surface area contributed by atoms with Crippen LogP contribution in [0.15, 0.2) is 0 Å². The normalized spacial score (nSPS) is 32.6. The Bertz CT molecular complexity index is 483. The van der Waals surface area contributed by atoms with Crippen LogP contribution in [0.25, 0.3) is 0 Å². The van der Waals surface area contributed by atoms with Crippen molar-refractivity contribution in [3.63, 3.8) is 0 Å². The van der Waals surface area contributed by atoms with Gasteiger partial charge in [0.2, 0.25) is 5.91 Å². The Morgan fingerprint density at radius 3 is 2.26 bits per heavy atom. The summed E-state index contributed by atoms with van der Waals surface area (Å²) in [6, 6.07) is -0.158. The molecule has 0 spiro atoms. The van der Waals surface area contributed by atoms with E-state index in [1.54, 1.807) is 0 Å². The van der Waals surface area contributed by atoms with Gasteiger partial charge in [-0.25, -0.2) is 0 Å². The fraction of sp³-hybridized carbons (Fsp3) is 0.818. The third kappa shape index (κ3) is 3.05. The molecule has 2 fully saturated rings. The second-order valence-electron chi connectivity index (χ2n) is 5.19. The van der Waals surface area contributed by atoms with E-state index in [0.29, 0.717) is 25.7 Å². The molecule has 1 aliphatic carbocycles. The maximum atomic E-state index is 12.9. The first-order valence-electron chi connectivity index (χ1n) is 6.24. The van der Waals surface area contributed by atoms with Crippen molar-refractivity contribution in [2.24, 2.45) is 5.92 Å². The lowest BCUT2D eigenvalue weighted by molar-refractivity contribution is -0.143. The highest BCUT2D eigenvalue weighted by Crippen LogP contribution is 2.31. The number of rotatable bonds is 3. The van der Waals surface area contributed by atoms with E-state index in [9.17, 15) is 21.9 Å². The molecule has 1 N–H and O–H groups in total. The fourth-order valence-electron chi connectivity index (χ4n) is 2.87. The second-order valence-corrected chi connectivity index (χ2v) is 6.81. The van der Waals surface area contributed by atoms with Crippen LogP contribution in [-0.4, -0.2) is 48.1 Å². The number of likely N-dealkylation sites (tertiary alicyclic amines) is 1. The molecule has 0 aromatic carbocycles. The molecular weight excluding hydrogens is 277 g/mol. The second kappa shape index (κ2) is 5.07. The summed E-state index contributed by atoms with van der Waals surface area (Å²) in [6.07, 6.45) is 1.69. The summed E-state index contributed by atoms with van der Waals surface area (Å²) in [4.78, 5) is 23.9. The van der Waals surface area contributed by atoms with Crippen LogP contribution in [0, 0.1) is 5.92 Å². The molecule has 1 saturated heterocycles. The first-order chi connectivity index (χ1) is 8.79. The summed E-state index contributed by atoms with van der Waals surface area (Å²) in [7, 11) is -4.69. The average molecular weight is 293 g/mol. The predicted octanol–water partition coefficient (Wildman–Crippen LogP) is 0.530. The van der Waals surface area contributed by atoms with E-state index in [0.717, 1.165) is 0 Å². The number of amides is 1. The lowest BCUT2D eigenvalue weighted by Crippen LogP contribution is -2.40. The Hall–Kier alpha value is -1.18. The summed E-state index contributed by atoms with van der Waals surface area (Å²) in [5.74, 6) is -1.59. The fourth-order valence-corrected chi connectivity index (χ4v) is 3.55. The third-order valence-corrected chi connectivity index (χ3v) is 5.12. The van der Waals surface area contributed by atoms with Crippen molar-refractivity contribution in [3.05, 3.63) is 0 Å². The minimum Gasteiger partial charge on any atom is -0.481 e. The van der Waals surface area contributed by atoms with Gasteiger partial charge in [-0.15, -0.1) is 3.89 Å². The highest BCUT2D eigenvalue weighted by atomic mass is 32.3. The SMILES string of the molecule is O=C(O)C1CCC(N2CC(S(=O)(=O)F)CC2=O)CC1. The van der Waals surface area contributed by atoms with Crippen molar-refractivity contribution in [1.29, 1.82) is 0 Å². The zero-order valence-electron chi connectivity index (χ0n) is 10.3. The zero-order chi connectivity index (χ0) is 14.2. The lowest BCUT2D eigenvalue weighted by atomic mass is 9.85. The van der Waals surface area contributed by atoms with Gasteiger partial charge in [-0.2, -0.15) is 8.42 Å². The molecule has 1 aliphatic heterocycles. The van der Waals surface area contributed by atoms with Crippen molar-refractivity contribution in [2.75, 3.05) is 6.54 Å². The first kappa shape index (κ1) is 14.2. The average Bonchev–Trinajstić information content (AvgIpc) is 2.71. The number of hydrogen-bond donors (Lipinski definition) is 1. The maximum Gasteiger partial charge on any atom is 0.307 e. The largest absolute Gasteiger partial charge is 0.481 e. The molecule has 1 heterocycles. The Morgan fingerprint density at radius 1 is 1.26 bits per heavy atom. The number of carbonyl (C=O) groups excluding carboxylic acids is 1. The molecule has 0 aromatic rings. The minimum atomic E-state index is -4.69. The van der Waals surface area contributed by atoms with Crippen LogP contribution < -0.4 is 0 Å². The molecule has 2 aliphatic rings. The maximum absolute atomic E-state index is 12.9. The quantitative estimate of drug-likeness (QED) is 0.766. The monoisotopic (exact) mass is 293 g/mol. The van der Waals surface area contributed by atoms with Crippen molar-refractivity contribution in [3.8, 4) is 0 Å². The Kier molecular flexibility index (Phi) is 3.80. The number of aliphatic carboxylic acids is 1. The molecule has 1 amide bonds. The van der Waals surface area contributed by atoms with Crippen LogP contribution in [0.4, 0.5) is 3.89 Å². The number of halogens is 1. The molecule has 108 valence electrons. The number of carboxylic acids is 1. The molecular formula is C11H16FNO5S. The van der Waals surface area contributed by atoms with Crippen LogP contribution in [0.2, 0.25) is 0 Å². The van der Waals surface area contributed by atoms with E-state index in [-0.39, 0.29) is 24.9 Å². The Balaban J connectivity index is 1.97. The summed E-state index contributed by atoms with van der Waals surface area (Å²) >= 11 is 0. The van der Waals surface area contributed by atoms with Crippen LogP contribution in [0.1, 0.15) is 32.1 Å². The molecule has 1 saturated carbocycles. The van der Waals surface area contributed by atoms with Gasteiger partial charge in [0.1, 0.15) is 5.25 Å². The van der Waals surface area contributed by atoms with Gasteiger partial charge in [-0.3, -0.25) is 9.59 Å². The molecule has 0 bridgehead atoms. The van der Waals surface area contributed by atoms with Gasteiger partial charge in [-0.1, -0.05) is 0 Å². The molecule has 19 heavy (non-hydrogen) atoms. The van der Waals surface area contributed by atoms with Crippen molar-refractivity contribution < 1.29 is 27.0 Å². The third-order valence-electron chi connectivity index (χ3n) is 4.01. The summed E-state index contributed by atoms with van der Waals surface area (Å²) in [5, 5.41) is 7.61. The molecule has 2 rings (SSSR count). The van der Waals surface area contributed by atoms with E-state index in [1.165, 1.54) is 4.90 Å². The highest BCUT2D eigenvalue weighted by molar-refractivity contribution is 7.87. The number of carbonyl (C=O) groups is 2. The van der Waals surface area contributed by atoms with E-state index < -0.39 is 27.4 Å². The predicted molar refractivity (Wildman–Crippen MR) is 63.5 cm³/mol. The van der Waals surface area contributed by atoms with Crippen LogP contribution in [0.5, 0.6) is 0 Å². The molecule has 6 nitrogen and oxygen atoms in total. The van der Waals surface area contributed by atoms with Gasteiger partial charge in [-0.05, 0) is 25.7 Å². The Labute approximate surface area is 110 Å². The van der Waals surface area contributed by atoms with Gasteiger partial charge < -0.3 is 10.0 Å². The van der Waals surface area contributed by atoms with E-state index in [4.69, 9.17) is 5.11 Å². The highest BCUT2D eigenvalue weighted by Gasteiger charge is 2.42. The van der Waals surface area contributed by atoms with Gasteiger partial charge in [0.05, 0.1) is 5.92 Å². The standard InChI is InChI=1S/C11H16FNO5S/c12-19(17,18)9-5-10(14)13(6-9)8-3-1-7(2-4-8)11(15)16/h7-9H,1-6H2,(H,15,16). The number of carboxylic acid groups (broad SMARTS) is 1. The topological polar surface area (TPSA) is 91.8 Å². The molecule has 1 atom stereocenters. The van der Waals surface area contributed by atoms with Gasteiger partial charge in [0.15, 0.2) is 0 Å². The van der Waals surface area contributed by atoms with Crippen molar-refractivity contribution in [1.82, 2.24) is 4.90 Å². The molecule has 1 unspecified atom stereocenters. The minimum absolute atomic E-state index is 0.111. The Morgan fingerprint density at radius 2 is 1.84 bits per heavy atom. The van der Waals surface area contributed by atoms with Crippen molar-refractivity contribution >= 4 is 22.1 Å². The van der Waals surface area contributed by atoms with Crippen LogP contribution in [-0.2, 0) is 19.8 Å². The summed E-state index contributed by atoms with van der Waals surface area (Å²) in [6.45, 7) is -0.111. The van der Waals surface area contributed by atoms with Crippen LogP contribution in [0.3, 0.4) is 0 Å². The van der Waals surface area contributed by atoms with E-state index in [2.05, 4.69) is 0 Å². The molecule has 0 aromatic heterocycles. The number of nitrogens with zero attached hydrogens (tertiary/aromatic N) is 1. The van der Waals surface area contributed by atoms with E-state index >= 15 is 0 Å². The number of hydrogen-bond acceptors (Lipinski definition) is 4. The van der Waals surface area contributed by atoms with Gasteiger partial charge >= 0.3 is 16.2 Å². The summed E-state index contributed by atoms with van der Waals surface area (Å²) in [5.41, 5.74) is 0. The first-order valence-corrected chi connectivity index (χ1v) is 7.69. The lowest BCUT2D eigenvalue weighted by Gasteiger charge is -2.33. The van der Waals surface area contributed by atoms with Gasteiger partial charge in [0.25, 0.3) is 0 Å². The molecule has 8 heteroatoms. The zero-order valence-corrected chi connectivity index (χ0v) is 11.1. The summed E-state index contributed by atoms with van der Waals surface area (Å²) < 4.78 is 34.5.